The molecule has 0 saturated heterocycles. The molecule has 1 atom stereocenters. The van der Waals surface area contributed by atoms with E-state index in [2.05, 4.69) is 74.7 Å². The van der Waals surface area contributed by atoms with E-state index in [-0.39, 0.29) is 22.1 Å². The lowest BCUT2D eigenvalue weighted by molar-refractivity contribution is -0.132. The van der Waals surface area contributed by atoms with Gasteiger partial charge in [-0.1, -0.05) is 55.0 Å². The van der Waals surface area contributed by atoms with Crippen molar-refractivity contribution in [3.05, 3.63) is 12.2 Å². The van der Waals surface area contributed by atoms with E-state index in [1.54, 1.807) is 6.92 Å². The lowest BCUT2D eigenvalue weighted by Crippen LogP contribution is -2.58. The highest BCUT2D eigenvalue weighted by atomic mass is 28.5. The van der Waals surface area contributed by atoms with Crippen LogP contribution in [0.4, 0.5) is 0 Å². The number of carbonyl (C=O) groups excluding carboxylic acids is 1. The van der Waals surface area contributed by atoms with Crippen LogP contribution in [0.25, 0.3) is 0 Å². The third kappa shape index (κ3) is 6.59. The lowest BCUT2D eigenvalue weighted by atomic mass is 10.3. The Hall–Kier alpha value is -0.219. The highest BCUT2D eigenvalue weighted by Crippen LogP contribution is 2.39. The predicted octanol–water partition coefficient (Wildman–Crippen LogP) is 5.26. The molecule has 24 heavy (non-hydrogen) atoms. The van der Waals surface area contributed by atoms with E-state index < -0.39 is 26.2 Å². The summed E-state index contributed by atoms with van der Waals surface area (Å²) in [5, 5.41) is 0.169. The Morgan fingerprint density at radius 2 is 1.50 bits per heavy atom. The first-order chi connectivity index (χ1) is 10.5. The summed E-state index contributed by atoms with van der Waals surface area (Å²) in [5.74, 6) is -0.352. The number of carbonyl (C=O) groups is 1. The van der Waals surface area contributed by atoms with Gasteiger partial charge < -0.3 is 12.7 Å². The smallest absolute Gasteiger partial charge is 0.398 e. The molecule has 0 aromatic heterocycles. The average Bonchev–Trinajstić information content (AvgIpc) is 2.34. The fourth-order valence-corrected chi connectivity index (χ4v) is 15.2. The molecule has 0 fully saturated rings. The normalized spacial score (nSPS) is 14.9. The Kier molecular flexibility index (Phi) is 8.36. The van der Waals surface area contributed by atoms with Gasteiger partial charge in [0.05, 0.1) is 0 Å². The van der Waals surface area contributed by atoms with E-state index in [9.17, 15) is 4.79 Å². The monoisotopic (exact) mass is 390 g/mol. The molecule has 0 spiro atoms. The Morgan fingerprint density at radius 3 is 1.79 bits per heavy atom. The van der Waals surface area contributed by atoms with Crippen molar-refractivity contribution >= 4 is 32.1 Å². The van der Waals surface area contributed by atoms with Gasteiger partial charge in [-0.2, -0.15) is 0 Å². The molecule has 0 aliphatic heterocycles. The van der Waals surface area contributed by atoms with E-state index in [1.807, 2.05) is 0 Å². The van der Waals surface area contributed by atoms with Crippen LogP contribution in [0, 0.1) is 0 Å². The number of rotatable bonds is 8. The molecule has 4 nitrogen and oxygen atoms in total. The first kappa shape index (κ1) is 23.8. The quantitative estimate of drug-likeness (QED) is 0.419. The van der Waals surface area contributed by atoms with Crippen LogP contribution in [-0.2, 0) is 17.5 Å². The fourth-order valence-electron chi connectivity index (χ4n) is 2.40. The summed E-state index contributed by atoms with van der Waals surface area (Å²) in [6.07, 6.45) is 0. The van der Waals surface area contributed by atoms with Crippen molar-refractivity contribution in [1.82, 2.24) is 0 Å². The van der Waals surface area contributed by atoms with Gasteiger partial charge in [0.1, 0.15) is 0 Å². The van der Waals surface area contributed by atoms with E-state index in [0.717, 1.165) is 0 Å². The molecule has 142 valence electrons. The third-order valence-electron chi connectivity index (χ3n) is 4.30. The minimum absolute atomic E-state index is 0.141. The molecule has 0 radical (unpaired) electrons. The second kappa shape index (κ2) is 8.44. The maximum Gasteiger partial charge on any atom is 0.398 e. The highest BCUT2D eigenvalue weighted by Gasteiger charge is 2.53. The van der Waals surface area contributed by atoms with E-state index >= 15 is 0 Å². The largest absolute Gasteiger partial charge is 0.491 e. The Bertz CT molecular complexity index is 445. The summed E-state index contributed by atoms with van der Waals surface area (Å²) >= 11 is 0. The summed E-state index contributed by atoms with van der Waals surface area (Å²) in [6.45, 7) is 26.7. The van der Waals surface area contributed by atoms with Crippen molar-refractivity contribution in [3.8, 4) is 0 Å². The summed E-state index contributed by atoms with van der Waals surface area (Å²) in [7, 11) is -6.63. The molecule has 7 heteroatoms. The molecule has 0 bridgehead atoms. The zero-order valence-corrected chi connectivity index (χ0v) is 20.7. The van der Waals surface area contributed by atoms with Crippen LogP contribution in [0.3, 0.4) is 0 Å². The molecule has 0 N–H and O–H groups in total. The van der Waals surface area contributed by atoms with Crippen molar-refractivity contribution in [2.24, 2.45) is 0 Å². The molecule has 0 saturated carbocycles. The van der Waals surface area contributed by atoms with Gasteiger partial charge >= 0.3 is 23.1 Å². The molecule has 0 amide bonds. The maximum absolute atomic E-state index is 12.3. The van der Waals surface area contributed by atoms with Crippen LogP contribution in [0.15, 0.2) is 12.2 Å². The fraction of sp³-hybridized carbons (Fsp3) is 0.824. The molecular formula is C17H38O4Si3. The first-order valence-electron chi connectivity index (χ1n) is 8.82. The average molecular weight is 391 g/mol. The van der Waals surface area contributed by atoms with Gasteiger partial charge in [0.25, 0.3) is 0 Å². The van der Waals surface area contributed by atoms with Gasteiger partial charge in [0.2, 0.25) is 0 Å². The van der Waals surface area contributed by atoms with Crippen LogP contribution in [0.5, 0.6) is 0 Å². The standard InChI is InChI=1S/C17H38O4Si3/c1-13(2)16(18)19-24(14(3)4,15(5)6)21-23(11,12)20-22(10)17(7,8)9/h14-15,22H,1H2,2-12H3. The van der Waals surface area contributed by atoms with Crippen LogP contribution >= 0.6 is 0 Å². The van der Waals surface area contributed by atoms with Gasteiger partial charge in [-0.05, 0) is 31.6 Å². The van der Waals surface area contributed by atoms with Crippen LogP contribution in [0.1, 0.15) is 55.4 Å². The minimum atomic E-state index is -2.79. The van der Waals surface area contributed by atoms with Gasteiger partial charge in [-0.3, -0.25) is 0 Å². The van der Waals surface area contributed by atoms with Gasteiger partial charge in [0.15, 0.2) is 9.04 Å². The Balaban J connectivity index is 5.59. The second-order valence-electron chi connectivity index (χ2n) is 8.83. The second-order valence-corrected chi connectivity index (χ2v) is 20.4. The summed E-state index contributed by atoms with van der Waals surface area (Å²) < 4.78 is 19.1. The minimum Gasteiger partial charge on any atom is -0.491 e. The van der Waals surface area contributed by atoms with E-state index in [0.29, 0.717) is 5.57 Å². The van der Waals surface area contributed by atoms with E-state index in [1.165, 1.54) is 0 Å². The van der Waals surface area contributed by atoms with Crippen molar-refractivity contribution < 1.29 is 17.5 Å². The molecule has 0 rings (SSSR count). The maximum atomic E-state index is 12.3. The zero-order chi connectivity index (χ0) is 19.5. The molecular weight excluding hydrogens is 352 g/mol. The zero-order valence-electron chi connectivity index (χ0n) is 17.6. The molecule has 0 aliphatic rings. The van der Waals surface area contributed by atoms with Crippen LogP contribution < -0.4 is 0 Å². The van der Waals surface area contributed by atoms with Crippen molar-refractivity contribution in [1.29, 1.82) is 0 Å². The van der Waals surface area contributed by atoms with Crippen molar-refractivity contribution in [3.63, 3.8) is 0 Å². The van der Waals surface area contributed by atoms with Gasteiger partial charge in [-0.25, -0.2) is 4.79 Å². The first-order valence-corrected chi connectivity index (χ1v) is 15.8. The van der Waals surface area contributed by atoms with Crippen molar-refractivity contribution in [2.45, 2.75) is 91.2 Å². The number of hydrogen-bond acceptors (Lipinski definition) is 4. The van der Waals surface area contributed by atoms with Gasteiger partial charge in [-0.15, -0.1) is 0 Å². The molecule has 0 aromatic rings. The summed E-state index contributed by atoms with van der Waals surface area (Å²) in [5.41, 5.74) is 0.695. The van der Waals surface area contributed by atoms with Crippen molar-refractivity contribution in [2.75, 3.05) is 0 Å². The number of hydrogen-bond donors (Lipinski definition) is 0. The lowest BCUT2D eigenvalue weighted by Gasteiger charge is -2.43. The van der Waals surface area contributed by atoms with Gasteiger partial charge in [0, 0.05) is 16.7 Å². The SMILES string of the molecule is C=C(C)C(=O)O[Si](O[Si](C)(C)O[SiH](C)C(C)(C)C)(C(C)C)C(C)C. The Morgan fingerprint density at radius 1 is 1.08 bits per heavy atom. The molecule has 1 unspecified atom stereocenters. The molecule has 0 aromatic carbocycles. The third-order valence-corrected chi connectivity index (χ3v) is 17.4. The van der Waals surface area contributed by atoms with E-state index in [4.69, 9.17) is 12.7 Å². The highest BCUT2D eigenvalue weighted by molar-refractivity contribution is 6.85. The molecule has 0 aliphatic carbocycles. The van der Waals surface area contributed by atoms with Crippen LogP contribution in [-0.4, -0.2) is 32.1 Å². The topological polar surface area (TPSA) is 44.8 Å². The van der Waals surface area contributed by atoms with Crippen LogP contribution in [0.2, 0.25) is 35.8 Å². The predicted molar refractivity (Wildman–Crippen MR) is 109 cm³/mol. The summed E-state index contributed by atoms with van der Waals surface area (Å²) in [6, 6.07) is 0. The molecule has 0 heterocycles. The Labute approximate surface area is 153 Å². The summed E-state index contributed by atoms with van der Waals surface area (Å²) in [4.78, 5) is 12.3.